The third-order valence-corrected chi connectivity index (χ3v) is 10.6. The Kier molecular flexibility index (Phi) is 12.4. The van der Waals surface area contributed by atoms with Gasteiger partial charge in [-0.05, 0) is 143 Å². The molecule has 0 aromatic heterocycles. The molecule has 0 aliphatic rings. The Bertz CT molecular complexity index is 2060. The van der Waals surface area contributed by atoms with Crippen LogP contribution in [0.2, 0.25) is 0 Å². The van der Waals surface area contributed by atoms with Crippen molar-refractivity contribution in [2.75, 3.05) is 9.80 Å². The average molecular weight is 729 g/mol. The van der Waals surface area contributed by atoms with Gasteiger partial charge in [0.15, 0.2) is 0 Å². The van der Waals surface area contributed by atoms with E-state index >= 15 is 0 Å². The molecule has 2 nitrogen and oxygen atoms in total. The van der Waals surface area contributed by atoms with Crippen molar-refractivity contribution < 1.29 is 0 Å². The molecule has 278 valence electrons. The fourth-order valence-corrected chi connectivity index (χ4v) is 6.99. The fraction of sp³-hybridized carbons (Fsp3) is 0.148. The zero-order valence-electron chi connectivity index (χ0n) is 33.2. The van der Waals surface area contributed by atoms with E-state index in [2.05, 4.69) is 232 Å². The van der Waals surface area contributed by atoms with Crippen LogP contribution < -0.4 is 9.80 Å². The van der Waals surface area contributed by atoms with Gasteiger partial charge in [0, 0.05) is 34.1 Å². The van der Waals surface area contributed by atoms with Gasteiger partial charge in [0.1, 0.15) is 0 Å². The van der Waals surface area contributed by atoms with E-state index < -0.39 is 0 Å². The van der Waals surface area contributed by atoms with Crippen molar-refractivity contribution in [2.24, 2.45) is 0 Å². The number of rotatable bonds is 14. The van der Waals surface area contributed by atoms with E-state index in [9.17, 15) is 0 Å². The lowest BCUT2D eigenvalue weighted by molar-refractivity contribution is 1.13. The molecular weight excluding hydrogens is 677 g/mol. The Balaban J connectivity index is 1.02. The normalized spacial score (nSPS) is 11.4. The van der Waals surface area contributed by atoms with E-state index in [1.807, 2.05) is 0 Å². The summed E-state index contributed by atoms with van der Waals surface area (Å²) in [4.78, 5) is 4.67. The molecular formula is C54H52N2. The molecule has 7 rings (SSSR count). The van der Waals surface area contributed by atoms with Gasteiger partial charge in [-0.1, -0.05) is 149 Å². The quantitative estimate of drug-likeness (QED) is 0.103. The lowest BCUT2D eigenvalue weighted by Crippen LogP contribution is -2.10. The summed E-state index contributed by atoms with van der Waals surface area (Å²) < 4.78 is 0. The van der Waals surface area contributed by atoms with Crippen LogP contribution in [0.4, 0.5) is 34.1 Å². The Morgan fingerprint density at radius 1 is 0.250 bits per heavy atom. The molecule has 56 heavy (non-hydrogen) atoms. The van der Waals surface area contributed by atoms with Crippen LogP contribution in [0.1, 0.15) is 72.2 Å². The SMILES string of the molecule is CCc1ccc(N(c2ccc(C=Cc3ccc(C=Cc4ccc(N(c5ccc(CC)cc5)c5ccc(CC)cc5)cc4)cc3)cc2)c2ccc(CC)cc2)cc1. The lowest BCUT2D eigenvalue weighted by atomic mass is 10.1. The molecule has 7 aromatic rings. The Morgan fingerprint density at radius 3 is 0.589 bits per heavy atom. The number of benzene rings is 7. The van der Waals surface area contributed by atoms with Gasteiger partial charge in [-0.15, -0.1) is 0 Å². The monoisotopic (exact) mass is 728 g/mol. The highest BCUT2D eigenvalue weighted by Gasteiger charge is 2.14. The molecule has 0 N–H and O–H groups in total. The maximum absolute atomic E-state index is 2.33. The molecule has 0 aliphatic heterocycles. The van der Waals surface area contributed by atoms with E-state index in [1.54, 1.807) is 0 Å². The number of hydrogen-bond acceptors (Lipinski definition) is 2. The Morgan fingerprint density at radius 2 is 0.411 bits per heavy atom. The maximum Gasteiger partial charge on any atom is 0.0462 e. The van der Waals surface area contributed by atoms with Crippen LogP contribution in [0.3, 0.4) is 0 Å². The molecule has 0 radical (unpaired) electrons. The van der Waals surface area contributed by atoms with Crippen LogP contribution >= 0.6 is 0 Å². The molecule has 7 aromatic carbocycles. The smallest absolute Gasteiger partial charge is 0.0462 e. The zero-order chi connectivity index (χ0) is 38.7. The van der Waals surface area contributed by atoms with Crippen LogP contribution in [0.15, 0.2) is 170 Å². The summed E-state index contributed by atoms with van der Waals surface area (Å²) in [5.41, 5.74) is 17.0. The average Bonchev–Trinajstić information content (AvgIpc) is 3.27. The van der Waals surface area contributed by atoms with Gasteiger partial charge in [0.05, 0.1) is 0 Å². The van der Waals surface area contributed by atoms with Crippen molar-refractivity contribution in [2.45, 2.75) is 53.4 Å². The minimum atomic E-state index is 1.03. The highest BCUT2D eigenvalue weighted by Crippen LogP contribution is 2.36. The molecule has 0 bridgehead atoms. The summed E-state index contributed by atoms with van der Waals surface area (Å²) in [5.74, 6) is 0. The van der Waals surface area contributed by atoms with Gasteiger partial charge in [0.2, 0.25) is 0 Å². The molecule has 0 spiro atoms. The van der Waals surface area contributed by atoms with E-state index in [-0.39, 0.29) is 0 Å². The molecule has 0 fully saturated rings. The van der Waals surface area contributed by atoms with Gasteiger partial charge in [0.25, 0.3) is 0 Å². The first-order valence-electron chi connectivity index (χ1n) is 20.2. The maximum atomic E-state index is 2.33. The predicted molar refractivity (Wildman–Crippen MR) is 244 cm³/mol. The largest absolute Gasteiger partial charge is 0.311 e. The first-order chi connectivity index (χ1) is 27.5. The zero-order valence-corrected chi connectivity index (χ0v) is 33.2. The highest BCUT2D eigenvalue weighted by molar-refractivity contribution is 5.80. The van der Waals surface area contributed by atoms with Gasteiger partial charge in [-0.25, -0.2) is 0 Å². The fourth-order valence-electron chi connectivity index (χ4n) is 6.99. The molecule has 0 saturated carbocycles. The van der Waals surface area contributed by atoms with Crippen LogP contribution in [0.5, 0.6) is 0 Å². The molecule has 0 aliphatic carbocycles. The van der Waals surface area contributed by atoms with Crippen molar-refractivity contribution >= 4 is 58.4 Å². The van der Waals surface area contributed by atoms with Crippen molar-refractivity contribution in [3.05, 3.63) is 214 Å². The lowest BCUT2D eigenvalue weighted by Gasteiger charge is -2.26. The standard InChI is InChI=1S/C54H52N2/c1-5-41-17-29-49(30-18-41)55(50-31-19-42(6-2)20-32-50)53-37-25-47(26-38-53)15-13-45-9-11-46(12-10-45)14-16-48-27-39-54(40-28-48)56(51-33-21-43(7-3)22-34-51)52-35-23-44(8-4)24-36-52/h9-40H,5-8H2,1-4H3. The van der Waals surface area contributed by atoms with Crippen LogP contribution in [0, 0.1) is 0 Å². The second kappa shape index (κ2) is 18.3. The topological polar surface area (TPSA) is 6.48 Å². The molecule has 0 heterocycles. The number of aryl methyl sites for hydroxylation is 4. The van der Waals surface area contributed by atoms with Gasteiger partial charge in [-0.2, -0.15) is 0 Å². The third-order valence-electron chi connectivity index (χ3n) is 10.6. The molecule has 0 saturated heterocycles. The van der Waals surface area contributed by atoms with Crippen LogP contribution in [0.25, 0.3) is 24.3 Å². The summed E-state index contributed by atoms with van der Waals surface area (Å²) in [5, 5.41) is 0. The third kappa shape index (κ3) is 9.28. The molecule has 0 atom stereocenters. The van der Waals surface area contributed by atoms with Gasteiger partial charge < -0.3 is 9.80 Å². The number of nitrogens with zero attached hydrogens (tertiary/aromatic N) is 2. The highest BCUT2D eigenvalue weighted by atomic mass is 15.1. The molecule has 0 amide bonds. The minimum absolute atomic E-state index is 1.03. The minimum Gasteiger partial charge on any atom is -0.311 e. The number of hydrogen-bond donors (Lipinski definition) is 0. The van der Waals surface area contributed by atoms with Crippen molar-refractivity contribution in [1.82, 2.24) is 0 Å². The molecule has 0 unspecified atom stereocenters. The Labute approximate surface area is 334 Å². The van der Waals surface area contributed by atoms with Crippen molar-refractivity contribution in [3.8, 4) is 0 Å². The van der Waals surface area contributed by atoms with E-state index in [4.69, 9.17) is 0 Å². The van der Waals surface area contributed by atoms with Crippen molar-refractivity contribution in [1.29, 1.82) is 0 Å². The predicted octanol–water partition coefficient (Wildman–Crippen LogP) is 15.2. The van der Waals surface area contributed by atoms with Gasteiger partial charge in [-0.3, -0.25) is 0 Å². The summed E-state index contributed by atoms with van der Waals surface area (Å²) in [6.07, 6.45) is 12.9. The first-order valence-corrected chi connectivity index (χ1v) is 20.2. The summed E-state index contributed by atoms with van der Waals surface area (Å²) in [7, 11) is 0. The summed E-state index contributed by atoms with van der Waals surface area (Å²) in [6, 6.07) is 62.0. The van der Waals surface area contributed by atoms with Crippen LogP contribution in [-0.4, -0.2) is 0 Å². The van der Waals surface area contributed by atoms with E-state index in [1.165, 1.54) is 44.5 Å². The second-order valence-corrected chi connectivity index (χ2v) is 14.3. The summed E-state index contributed by atoms with van der Waals surface area (Å²) >= 11 is 0. The second-order valence-electron chi connectivity index (χ2n) is 14.3. The number of anilines is 6. The van der Waals surface area contributed by atoms with E-state index in [0.717, 1.165) is 59.8 Å². The Hall–Kier alpha value is -6.38. The first kappa shape index (κ1) is 37.9. The van der Waals surface area contributed by atoms with Crippen molar-refractivity contribution in [3.63, 3.8) is 0 Å². The van der Waals surface area contributed by atoms with E-state index in [0.29, 0.717) is 0 Å². The van der Waals surface area contributed by atoms with Gasteiger partial charge >= 0.3 is 0 Å². The van der Waals surface area contributed by atoms with Crippen LogP contribution in [-0.2, 0) is 25.7 Å². The summed E-state index contributed by atoms with van der Waals surface area (Å²) in [6.45, 7) is 8.79. The molecule has 2 heteroatoms.